The van der Waals surface area contributed by atoms with Crippen molar-refractivity contribution in [1.29, 1.82) is 0 Å². The SMILES string of the molecule is O=C(Oc1cccc(CCCCO)c1)c1cccc2ccccc12. The quantitative estimate of drug-likeness (QED) is 0.417. The Morgan fingerprint density at radius 3 is 2.58 bits per heavy atom. The first kappa shape index (κ1) is 16.2. The van der Waals surface area contributed by atoms with Crippen LogP contribution in [0.3, 0.4) is 0 Å². The van der Waals surface area contributed by atoms with E-state index in [0.717, 1.165) is 35.6 Å². The fourth-order valence-electron chi connectivity index (χ4n) is 2.77. The van der Waals surface area contributed by atoms with E-state index >= 15 is 0 Å². The summed E-state index contributed by atoms with van der Waals surface area (Å²) in [6.45, 7) is 0.204. The van der Waals surface area contributed by atoms with Gasteiger partial charge < -0.3 is 9.84 Å². The van der Waals surface area contributed by atoms with Gasteiger partial charge in [-0.25, -0.2) is 4.79 Å². The van der Waals surface area contributed by atoms with E-state index in [4.69, 9.17) is 9.84 Å². The molecule has 0 saturated carbocycles. The number of aliphatic hydroxyl groups is 1. The molecule has 0 aliphatic carbocycles. The highest BCUT2D eigenvalue weighted by Gasteiger charge is 2.12. The van der Waals surface area contributed by atoms with Gasteiger partial charge in [-0.05, 0) is 53.8 Å². The van der Waals surface area contributed by atoms with Crippen LogP contribution in [0.5, 0.6) is 5.75 Å². The van der Waals surface area contributed by atoms with Gasteiger partial charge in [0.1, 0.15) is 5.75 Å². The lowest BCUT2D eigenvalue weighted by Crippen LogP contribution is -2.09. The number of benzene rings is 3. The summed E-state index contributed by atoms with van der Waals surface area (Å²) in [7, 11) is 0. The number of fused-ring (bicyclic) bond motifs is 1. The second-order valence-corrected chi connectivity index (χ2v) is 5.74. The smallest absolute Gasteiger partial charge is 0.344 e. The molecule has 122 valence electrons. The third-order valence-corrected chi connectivity index (χ3v) is 3.99. The van der Waals surface area contributed by atoms with Crippen molar-refractivity contribution in [2.45, 2.75) is 19.3 Å². The predicted molar refractivity (Wildman–Crippen MR) is 95.4 cm³/mol. The molecule has 0 atom stereocenters. The van der Waals surface area contributed by atoms with E-state index in [-0.39, 0.29) is 12.6 Å². The second-order valence-electron chi connectivity index (χ2n) is 5.74. The molecule has 0 radical (unpaired) electrons. The summed E-state index contributed by atoms with van der Waals surface area (Å²) in [5, 5.41) is 10.8. The summed E-state index contributed by atoms with van der Waals surface area (Å²) in [5.74, 6) is 0.203. The molecule has 0 bridgehead atoms. The molecule has 1 N–H and O–H groups in total. The highest BCUT2D eigenvalue weighted by Crippen LogP contribution is 2.21. The molecule has 0 aliphatic heterocycles. The van der Waals surface area contributed by atoms with Crippen LogP contribution in [0.2, 0.25) is 0 Å². The van der Waals surface area contributed by atoms with Crippen LogP contribution in [-0.4, -0.2) is 17.7 Å². The van der Waals surface area contributed by atoms with Crippen molar-refractivity contribution in [3.63, 3.8) is 0 Å². The van der Waals surface area contributed by atoms with Gasteiger partial charge in [0.05, 0.1) is 5.56 Å². The Kier molecular flexibility index (Phi) is 5.24. The maximum atomic E-state index is 12.5. The monoisotopic (exact) mass is 320 g/mol. The van der Waals surface area contributed by atoms with Gasteiger partial charge >= 0.3 is 5.97 Å². The molecule has 0 aromatic heterocycles. The lowest BCUT2D eigenvalue weighted by Gasteiger charge is -2.08. The van der Waals surface area contributed by atoms with Crippen LogP contribution in [0.4, 0.5) is 0 Å². The van der Waals surface area contributed by atoms with Gasteiger partial charge in [0.15, 0.2) is 0 Å². The summed E-state index contributed by atoms with van der Waals surface area (Å²) in [6.07, 6.45) is 2.55. The third-order valence-electron chi connectivity index (χ3n) is 3.99. The summed E-state index contributed by atoms with van der Waals surface area (Å²) >= 11 is 0. The van der Waals surface area contributed by atoms with Crippen LogP contribution < -0.4 is 4.74 Å². The molecule has 3 rings (SSSR count). The first-order chi connectivity index (χ1) is 11.8. The molecule has 0 unspecified atom stereocenters. The average Bonchev–Trinajstić information content (AvgIpc) is 2.62. The molecule has 0 saturated heterocycles. The van der Waals surface area contributed by atoms with E-state index in [2.05, 4.69) is 0 Å². The van der Waals surface area contributed by atoms with E-state index in [1.165, 1.54) is 0 Å². The number of rotatable bonds is 6. The van der Waals surface area contributed by atoms with E-state index in [1.54, 1.807) is 12.1 Å². The average molecular weight is 320 g/mol. The van der Waals surface area contributed by atoms with Gasteiger partial charge in [0, 0.05) is 6.61 Å². The standard InChI is InChI=1S/C21H20O3/c22-14-4-3-7-16-8-5-11-18(15-16)24-21(23)20-13-6-10-17-9-1-2-12-19(17)20/h1-2,5-6,8-13,15,22H,3-4,7,14H2. The lowest BCUT2D eigenvalue weighted by molar-refractivity contribution is 0.0737. The van der Waals surface area contributed by atoms with Crippen molar-refractivity contribution in [3.05, 3.63) is 77.9 Å². The summed E-state index contributed by atoms with van der Waals surface area (Å²) in [5.41, 5.74) is 1.67. The number of ether oxygens (including phenoxy) is 1. The number of carbonyl (C=O) groups is 1. The van der Waals surface area contributed by atoms with E-state index < -0.39 is 0 Å². The Bertz CT molecular complexity index is 834. The first-order valence-corrected chi connectivity index (χ1v) is 8.17. The minimum atomic E-state index is -0.348. The molecular formula is C21H20O3. The predicted octanol–water partition coefficient (Wildman–Crippen LogP) is 4.37. The Hall–Kier alpha value is -2.65. The number of carbonyl (C=O) groups excluding carboxylic acids is 1. The van der Waals surface area contributed by atoms with Gasteiger partial charge in [-0.2, -0.15) is 0 Å². The highest BCUT2D eigenvalue weighted by molar-refractivity contribution is 6.05. The number of hydrogen-bond acceptors (Lipinski definition) is 3. The number of aryl methyl sites for hydroxylation is 1. The molecule has 0 fully saturated rings. The van der Waals surface area contributed by atoms with E-state index in [9.17, 15) is 4.79 Å². The van der Waals surface area contributed by atoms with Crippen molar-refractivity contribution < 1.29 is 14.6 Å². The molecule has 0 amide bonds. The lowest BCUT2D eigenvalue weighted by atomic mass is 10.0. The Morgan fingerprint density at radius 2 is 1.71 bits per heavy atom. The first-order valence-electron chi connectivity index (χ1n) is 8.17. The Labute approximate surface area is 141 Å². The van der Waals surface area contributed by atoms with Gasteiger partial charge in [-0.15, -0.1) is 0 Å². The van der Waals surface area contributed by atoms with Crippen molar-refractivity contribution in [2.75, 3.05) is 6.61 Å². The fraction of sp³-hybridized carbons (Fsp3) is 0.190. The van der Waals surface area contributed by atoms with Crippen LogP contribution in [0, 0.1) is 0 Å². The fourth-order valence-corrected chi connectivity index (χ4v) is 2.77. The van der Waals surface area contributed by atoms with Crippen LogP contribution in [0.1, 0.15) is 28.8 Å². The molecule has 3 nitrogen and oxygen atoms in total. The topological polar surface area (TPSA) is 46.5 Å². The number of hydrogen-bond donors (Lipinski definition) is 1. The van der Waals surface area contributed by atoms with Crippen molar-refractivity contribution in [2.24, 2.45) is 0 Å². The molecule has 0 heterocycles. The molecular weight excluding hydrogens is 300 g/mol. The normalized spacial score (nSPS) is 10.7. The summed E-state index contributed by atoms with van der Waals surface area (Å²) < 4.78 is 5.57. The van der Waals surface area contributed by atoms with Gasteiger partial charge in [0.25, 0.3) is 0 Å². The van der Waals surface area contributed by atoms with E-state index in [0.29, 0.717) is 11.3 Å². The van der Waals surface area contributed by atoms with Crippen LogP contribution in [0.15, 0.2) is 66.7 Å². The Balaban J connectivity index is 1.78. The van der Waals surface area contributed by atoms with Gasteiger partial charge in [0.2, 0.25) is 0 Å². The Morgan fingerprint density at radius 1 is 0.917 bits per heavy atom. The van der Waals surface area contributed by atoms with Crippen molar-refractivity contribution >= 4 is 16.7 Å². The largest absolute Gasteiger partial charge is 0.423 e. The zero-order valence-corrected chi connectivity index (χ0v) is 13.4. The maximum Gasteiger partial charge on any atom is 0.344 e. The number of unbranched alkanes of at least 4 members (excludes halogenated alkanes) is 1. The molecule has 3 aromatic carbocycles. The van der Waals surface area contributed by atoms with Gasteiger partial charge in [-0.1, -0.05) is 48.5 Å². The second kappa shape index (κ2) is 7.75. The molecule has 0 aliphatic rings. The zero-order valence-electron chi connectivity index (χ0n) is 13.4. The minimum Gasteiger partial charge on any atom is -0.423 e. The molecule has 24 heavy (non-hydrogen) atoms. The van der Waals surface area contributed by atoms with Gasteiger partial charge in [-0.3, -0.25) is 0 Å². The van der Waals surface area contributed by atoms with Crippen LogP contribution in [-0.2, 0) is 6.42 Å². The molecule has 3 heteroatoms. The molecule has 0 spiro atoms. The number of aliphatic hydroxyl groups excluding tert-OH is 1. The minimum absolute atomic E-state index is 0.204. The van der Waals surface area contributed by atoms with Crippen molar-refractivity contribution in [1.82, 2.24) is 0 Å². The highest BCUT2D eigenvalue weighted by atomic mass is 16.5. The maximum absolute atomic E-state index is 12.5. The van der Waals surface area contributed by atoms with Crippen molar-refractivity contribution in [3.8, 4) is 5.75 Å². The number of esters is 1. The van der Waals surface area contributed by atoms with Crippen LogP contribution >= 0.6 is 0 Å². The van der Waals surface area contributed by atoms with E-state index in [1.807, 2.05) is 54.6 Å². The zero-order chi connectivity index (χ0) is 16.8. The summed E-state index contributed by atoms with van der Waals surface area (Å²) in [4.78, 5) is 12.5. The van der Waals surface area contributed by atoms with Crippen LogP contribution in [0.25, 0.3) is 10.8 Å². The summed E-state index contributed by atoms with van der Waals surface area (Å²) in [6, 6.07) is 21.0. The molecule has 3 aromatic rings. The third kappa shape index (κ3) is 3.81.